The van der Waals surface area contributed by atoms with E-state index in [-0.39, 0.29) is 24.4 Å². The number of methoxy groups -OCH3 is 1. The van der Waals surface area contributed by atoms with Gasteiger partial charge in [-0.05, 0) is 26.2 Å². The molecule has 2 heterocycles. The third-order valence-electron chi connectivity index (χ3n) is 4.04. The van der Waals surface area contributed by atoms with E-state index in [1.54, 1.807) is 7.11 Å². The summed E-state index contributed by atoms with van der Waals surface area (Å²) in [6.45, 7) is 9.03. The van der Waals surface area contributed by atoms with Crippen LogP contribution in [-0.2, 0) is 14.3 Å². The quantitative estimate of drug-likeness (QED) is 0.831. The van der Waals surface area contributed by atoms with Crippen LogP contribution in [0.4, 0.5) is 0 Å². The zero-order chi connectivity index (χ0) is 15.4. The minimum atomic E-state index is -0.0321. The molecule has 4 atom stereocenters. The van der Waals surface area contributed by atoms with Crippen LogP contribution in [0.2, 0.25) is 0 Å². The number of hydroxylamine groups is 4. The van der Waals surface area contributed by atoms with Crippen LogP contribution in [-0.4, -0.2) is 73.0 Å². The van der Waals surface area contributed by atoms with Crippen LogP contribution in [0.25, 0.3) is 0 Å². The van der Waals surface area contributed by atoms with Crippen molar-refractivity contribution in [1.82, 2.24) is 10.1 Å². The molecule has 2 rings (SSSR count). The smallest absolute Gasteiger partial charge is 0.0968 e. The zero-order valence-electron chi connectivity index (χ0n) is 13.7. The molecule has 6 heteroatoms. The fraction of sp³-hybridized carbons (Fsp3) is 1.00. The van der Waals surface area contributed by atoms with E-state index in [0.717, 1.165) is 25.9 Å². The second-order valence-corrected chi connectivity index (χ2v) is 6.69. The lowest BCUT2D eigenvalue weighted by Crippen LogP contribution is -2.51. The van der Waals surface area contributed by atoms with Crippen LogP contribution < -0.4 is 0 Å². The Morgan fingerprint density at radius 1 is 1.00 bits per heavy atom. The molecule has 0 aromatic heterocycles. The fourth-order valence-corrected chi connectivity index (χ4v) is 3.26. The van der Waals surface area contributed by atoms with E-state index >= 15 is 0 Å². The predicted molar refractivity (Wildman–Crippen MR) is 79.0 cm³/mol. The maximum Gasteiger partial charge on any atom is 0.0968 e. The molecule has 1 N–H and O–H groups in total. The molecule has 2 aliphatic heterocycles. The molecule has 0 amide bonds. The molecule has 0 spiro atoms. The van der Waals surface area contributed by atoms with Crippen molar-refractivity contribution in [1.29, 1.82) is 0 Å². The van der Waals surface area contributed by atoms with Crippen molar-refractivity contribution < 1.29 is 19.5 Å². The highest BCUT2D eigenvalue weighted by molar-refractivity contribution is 4.79. The molecule has 2 saturated heterocycles. The number of nitrogens with zero attached hydrogens (tertiary/aromatic N) is 2. The first kappa shape index (κ1) is 17.1. The van der Waals surface area contributed by atoms with Gasteiger partial charge < -0.3 is 14.7 Å². The largest absolute Gasteiger partial charge is 0.380 e. The summed E-state index contributed by atoms with van der Waals surface area (Å²) < 4.78 is 11.3. The Hall–Kier alpha value is -0.240. The number of ether oxygens (including phenoxy) is 2. The van der Waals surface area contributed by atoms with Gasteiger partial charge in [0, 0.05) is 20.1 Å². The van der Waals surface area contributed by atoms with Gasteiger partial charge in [-0.1, -0.05) is 6.92 Å². The predicted octanol–water partition coefficient (Wildman–Crippen LogP) is 1.53. The van der Waals surface area contributed by atoms with Crippen molar-refractivity contribution in [3.8, 4) is 0 Å². The Balaban J connectivity index is 1.85. The van der Waals surface area contributed by atoms with Gasteiger partial charge >= 0.3 is 0 Å². The summed E-state index contributed by atoms with van der Waals surface area (Å²) in [7, 11) is 1.75. The molecule has 4 unspecified atom stereocenters. The van der Waals surface area contributed by atoms with E-state index in [0.29, 0.717) is 19.0 Å². The van der Waals surface area contributed by atoms with Gasteiger partial charge in [-0.3, -0.25) is 4.84 Å². The SMILES string of the molecule is COC1CC(C)CN(OC2CC(OC(C)C)CN(O)C2)C1. The lowest BCUT2D eigenvalue weighted by atomic mass is 9.99. The van der Waals surface area contributed by atoms with Crippen molar-refractivity contribution in [2.45, 2.75) is 58.0 Å². The molecule has 21 heavy (non-hydrogen) atoms. The lowest BCUT2D eigenvalue weighted by Gasteiger charge is -2.40. The maximum atomic E-state index is 9.87. The highest BCUT2D eigenvalue weighted by atomic mass is 16.7. The molecule has 2 fully saturated rings. The third-order valence-corrected chi connectivity index (χ3v) is 4.04. The Labute approximate surface area is 127 Å². The number of piperidine rings is 2. The Morgan fingerprint density at radius 2 is 1.71 bits per heavy atom. The number of rotatable bonds is 5. The average Bonchev–Trinajstić information content (AvgIpc) is 2.36. The minimum absolute atomic E-state index is 0.0224. The number of hydrogen-bond acceptors (Lipinski definition) is 6. The molecular formula is C15H30N2O4. The van der Waals surface area contributed by atoms with E-state index in [4.69, 9.17) is 14.3 Å². The van der Waals surface area contributed by atoms with Crippen molar-refractivity contribution in [3.05, 3.63) is 0 Å². The summed E-state index contributed by atoms with van der Waals surface area (Å²) in [5.74, 6) is 0.556. The summed E-state index contributed by atoms with van der Waals surface area (Å²) >= 11 is 0. The normalized spacial score (nSPS) is 36.3. The molecule has 6 nitrogen and oxygen atoms in total. The van der Waals surface area contributed by atoms with Crippen molar-refractivity contribution in [2.75, 3.05) is 33.3 Å². The van der Waals surface area contributed by atoms with Crippen LogP contribution >= 0.6 is 0 Å². The first-order valence-corrected chi connectivity index (χ1v) is 8.00. The number of hydrogen-bond donors (Lipinski definition) is 1. The molecule has 0 saturated carbocycles. The lowest BCUT2D eigenvalue weighted by molar-refractivity contribution is -0.269. The second-order valence-electron chi connectivity index (χ2n) is 6.69. The average molecular weight is 302 g/mol. The topological polar surface area (TPSA) is 54.4 Å². The fourth-order valence-electron chi connectivity index (χ4n) is 3.26. The minimum Gasteiger partial charge on any atom is -0.380 e. The van der Waals surface area contributed by atoms with E-state index in [9.17, 15) is 5.21 Å². The van der Waals surface area contributed by atoms with Gasteiger partial charge in [0.15, 0.2) is 0 Å². The monoisotopic (exact) mass is 302 g/mol. The summed E-state index contributed by atoms with van der Waals surface area (Å²) in [4.78, 5) is 6.09. The molecular weight excluding hydrogens is 272 g/mol. The molecule has 2 aliphatic rings. The first-order valence-electron chi connectivity index (χ1n) is 8.00. The second kappa shape index (κ2) is 7.85. The van der Waals surface area contributed by atoms with Crippen molar-refractivity contribution in [2.24, 2.45) is 5.92 Å². The summed E-state index contributed by atoms with van der Waals surface area (Å²) in [5, 5.41) is 13.2. The van der Waals surface area contributed by atoms with Crippen LogP contribution in [0.1, 0.15) is 33.6 Å². The summed E-state index contributed by atoms with van der Waals surface area (Å²) in [6.07, 6.45) is 2.27. The molecule has 0 bridgehead atoms. The highest BCUT2D eigenvalue weighted by Gasteiger charge is 2.32. The van der Waals surface area contributed by atoms with Gasteiger partial charge in [0.25, 0.3) is 0 Å². The molecule has 0 aromatic carbocycles. The molecule has 0 aromatic rings. The molecule has 0 radical (unpaired) electrons. The van der Waals surface area contributed by atoms with Gasteiger partial charge in [-0.15, -0.1) is 0 Å². The van der Waals surface area contributed by atoms with Crippen molar-refractivity contribution in [3.63, 3.8) is 0 Å². The van der Waals surface area contributed by atoms with Gasteiger partial charge in [0.1, 0.15) is 0 Å². The summed E-state index contributed by atoms with van der Waals surface area (Å²) in [6, 6.07) is 0. The van der Waals surface area contributed by atoms with Gasteiger partial charge in [0.05, 0.1) is 44.1 Å². The van der Waals surface area contributed by atoms with Gasteiger partial charge in [-0.2, -0.15) is 10.1 Å². The summed E-state index contributed by atoms with van der Waals surface area (Å²) in [5.41, 5.74) is 0. The van der Waals surface area contributed by atoms with E-state index < -0.39 is 0 Å². The zero-order valence-corrected chi connectivity index (χ0v) is 13.7. The van der Waals surface area contributed by atoms with Crippen LogP contribution in [0.3, 0.4) is 0 Å². The van der Waals surface area contributed by atoms with E-state index in [1.807, 2.05) is 18.9 Å². The third kappa shape index (κ3) is 5.47. The Kier molecular flexibility index (Phi) is 6.40. The van der Waals surface area contributed by atoms with Gasteiger partial charge in [-0.25, -0.2) is 0 Å². The van der Waals surface area contributed by atoms with Gasteiger partial charge in [0.2, 0.25) is 0 Å². The van der Waals surface area contributed by atoms with Crippen LogP contribution in [0, 0.1) is 5.92 Å². The molecule has 0 aliphatic carbocycles. The van der Waals surface area contributed by atoms with Crippen LogP contribution in [0.15, 0.2) is 0 Å². The molecule has 124 valence electrons. The van der Waals surface area contributed by atoms with E-state index in [1.165, 1.54) is 5.06 Å². The van der Waals surface area contributed by atoms with E-state index in [2.05, 4.69) is 6.92 Å². The maximum absolute atomic E-state index is 9.87. The van der Waals surface area contributed by atoms with Crippen molar-refractivity contribution >= 4 is 0 Å². The van der Waals surface area contributed by atoms with Crippen LogP contribution in [0.5, 0.6) is 0 Å². The Bertz CT molecular complexity index is 314. The first-order chi connectivity index (χ1) is 9.96. The Morgan fingerprint density at radius 3 is 2.38 bits per heavy atom. The highest BCUT2D eigenvalue weighted by Crippen LogP contribution is 2.22. The standard InChI is InChI=1S/C15H30N2O4/c1-11(2)20-14-6-15(9-16(18)8-14)21-17-7-12(3)5-13(10-17)19-4/h11-15,18H,5-10H2,1-4H3.